The molecule has 0 unspecified atom stereocenters. The average Bonchev–Trinajstić information content (AvgIpc) is 3.56. The number of nitrogens with zero attached hydrogens (tertiary/aromatic N) is 4. The molecule has 1 aromatic carbocycles. The van der Waals surface area contributed by atoms with Crippen LogP contribution in [0.25, 0.3) is 0 Å². The van der Waals surface area contributed by atoms with Crippen molar-refractivity contribution in [1.82, 2.24) is 19.7 Å². The Kier molecular flexibility index (Phi) is 9.92. The number of thiazole rings is 1. The first-order chi connectivity index (χ1) is 21.6. The lowest BCUT2D eigenvalue weighted by atomic mass is 9.97. The maximum Gasteiger partial charge on any atom is 0.306 e. The first-order valence-electron chi connectivity index (χ1n) is 13.6. The second-order valence-corrected chi connectivity index (χ2v) is 14.6. The molecule has 0 bridgehead atoms. The molecule has 0 aliphatic carbocycles. The van der Waals surface area contributed by atoms with E-state index in [0.717, 1.165) is 17.5 Å². The Morgan fingerprint density at radius 3 is 2.04 bits per heavy atom. The highest BCUT2D eigenvalue weighted by Crippen LogP contribution is 2.39. The van der Waals surface area contributed by atoms with Crippen LogP contribution in [0.5, 0.6) is 11.5 Å². The van der Waals surface area contributed by atoms with Gasteiger partial charge in [0.2, 0.25) is 12.2 Å². The van der Waals surface area contributed by atoms with Crippen LogP contribution >= 0.6 is 11.3 Å². The van der Waals surface area contributed by atoms with Gasteiger partial charge < -0.3 is 22.7 Å². The summed E-state index contributed by atoms with van der Waals surface area (Å²) in [4.78, 5) is 18.9. The van der Waals surface area contributed by atoms with Crippen LogP contribution in [-0.4, -0.2) is 68.0 Å². The summed E-state index contributed by atoms with van der Waals surface area (Å²) < 4.78 is 122. The minimum atomic E-state index is -3.93. The topological polar surface area (TPSA) is 156 Å². The number of piperidine rings is 1. The smallest absolute Gasteiger partial charge is 0.306 e. The van der Waals surface area contributed by atoms with E-state index in [9.17, 15) is 39.2 Å². The van der Waals surface area contributed by atoms with Crippen molar-refractivity contribution in [1.29, 1.82) is 0 Å². The van der Waals surface area contributed by atoms with Crippen LogP contribution in [0.4, 0.5) is 17.6 Å². The van der Waals surface area contributed by atoms with E-state index in [-0.39, 0.29) is 54.8 Å². The average molecular weight is 713 g/mol. The summed E-state index contributed by atoms with van der Waals surface area (Å²) in [7, 11) is -7.86. The Labute approximate surface area is 265 Å². The van der Waals surface area contributed by atoms with Gasteiger partial charge in [0.25, 0.3) is 12.9 Å². The highest BCUT2D eigenvalue weighted by Gasteiger charge is 2.31. The number of hydrogen-bond acceptors (Lipinski definition) is 12. The number of benzene rings is 1. The summed E-state index contributed by atoms with van der Waals surface area (Å²) in [5.41, 5.74) is -0.712. The molecule has 252 valence electrons. The number of alkyl halides is 4. The third kappa shape index (κ3) is 8.14. The van der Waals surface area contributed by atoms with Crippen LogP contribution in [0.1, 0.15) is 71.1 Å². The molecule has 1 amide bonds. The third-order valence-corrected chi connectivity index (χ3v) is 9.12. The van der Waals surface area contributed by atoms with Gasteiger partial charge in [0.15, 0.2) is 0 Å². The fourth-order valence-corrected chi connectivity index (χ4v) is 7.00. The van der Waals surface area contributed by atoms with Crippen LogP contribution in [-0.2, 0) is 54.3 Å². The third-order valence-electron chi connectivity index (χ3n) is 7.13. The van der Waals surface area contributed by atoms with Crippen molar-refractivity contribution < 1.29 is 57.0 Å². The summed E-state index contributed by atoms with van der Waals surface area (Å²) in [5.74, 6) is -0.727. The molecule has 0 radical (unpaired) electrons. The van der Waals surface area contributed by atoms with Gasteiger partial charge in [0.05, 0.1) is 30.7 Å². The Balaban J connectivity index is 1.24. The SMILES string of the molecule is CS(=O)(=O)Oc1ccc(OS(C)(=O)=O)c2c1COC(c1csc(C3CCN(C(=O)Cn4nc(C(F)F)cc4C(F)F)CC3)n1)OC2. The van der Waals surface area contributed by atoms with E-state index in [1.165, 1.54) is 28.4 Å². The minimum Gasteiger partial charge on any atom is -0.382 e. The Morgan fingerprint density at radius 1 is 0.978 bits per heavy atom. The van der Waals surface area contributed by atoms with Crippen LogP contribution in [0.15, 0.2) is 23.6 Å². The van der Waals surface area contributed by atoms with E-state index >= 15 is 0 Å². The minimum absolute atomic E-state index is 0.0536. The van der Waals surface area contributed by atoms with Crippen molar-refractivity contribution >= 4 is 37.5 Å². The molecule has 2 aliphatic rings. The summed E-state index contributed by atoms with van der Waals surface area (Å²) in [6, 6.07) is 3.12. The van der Waals surface area contributed by atoms with Gasteiger partial charge in [-0.15, -0.1) is 11.3 Å². The van der Waals surface area contributed by atoms with Gasteiger partial charge in [-0.2, -0.15) is 21.9 Å². The molecule has 1 fully saturated rings. The van der Waals surface area contributed by atoms with Crippen molar-refractivity contribution in [3.05, 3.63) is 56.8 Å². The molecule has 2 aliphatic heterocycles. The number of likely N-dealkylation sites (tertiary alicyclic amines) is 1. The maximum absolute atomic E-state index is 13.3. The zero-order chi connectivity index (χ0) is 33.4. The molecular weight excluding hydrogens is 684 g/mol. The number of fused-ring (bicyclic) bond motifs is 1. The quantitative estimate of drug-likeness (QED) is 0.221. The number of ether oxygens (including phenoxy) is 2. The van der Waals surface area contributed by atoms with Crippen LogP contribution in [0, 0.1) is 0 Å². The van der Waals surface area contributed by atoms with Gasteiger partial charge in [-0.1, -0.05) is 0 Å². The molecule has 46 heavy (non-hydrogen) atoms. The highest BCUT2D eigenvalue weighted by atomic mass is 32.2. The van der Waals surface area contributed by atoms with Crippen molar-refractivity contribution in [2.45, 2.75) is 57.7 Å². The lowest BCUT2D eigenvalue weighted by molar-refractivity contribution is -0.155. The number of halogens is 4. The normalized spacial score (nSPS) is 16.9. The molecule has 0 spiro atoms. The maximum atomic E-state index is 13.3. The van der Waals surface area contributed by atoms with E-state index in [0.29, 0.717) is 29.3 Å². The number of hydrogen-bond donors (Lipinski definition) is 0. The Morgan fingerprint density at radius 2 is 1.54 bits per heavy atom. The lowest BCUT2D eigenvalue weighted by Crippen LogP contribution is -2.40. The molecule has 2 aromatic heterocycles. The number of aromatic nitrogens is 3. The first kappa shape index (κ1) is 34.0. The second-order valence-electron chi connectivity index (χ2n) is 10.6. The molecule has 0 N–H and O–H groups in total. The molecule has 0 saturated carbocycles. The molecular formula is C26H28F4N4O9S3. The van der Waals surface area contributed by atoms with E-state index in [1.807, 2.05) is 0 Å². The van der Waals surface area contributed by atoms with Gasteiger partial charge >= 0.3 is 20.2 Å². The summed E-state index contributed by atoms with van der Waals surface area (Å²) in [6.07, 6.45) is -4.40. The van der Waals surface area contributed by atoms with E-state index in [1.54, 1.807) is 5.38 Å². The van der Waals surface area contributed by atoms with Gasteiger partial charge in [0.1, 0.15) is 35.1 Å². The molecule has 13 nitrogen and oxygen atoms in total. The van der Waals surface area contributed by atoms with Crippen LogP contribution < -0.4 is 8.37 Å². The van der Waals surface area contributed by atoms with E-state index in [2.05, 4.69) is 10.1 Å². The van der Waals surface area contributed by atoms with Crippen molar-refractivity contribution in [2.75, 3.05) is 25.6 Å². The lowest BCUT2D eigenvalue weighted by Gasteiger charge is -2.31. The second kappa shape index (κ2) is 13.4. The van der Waals surface area contributed by atoms with Gasteiger partial charge in [-0.25, -0.2) is 22.5 Å². The number of rotatable bonds is 10. The summed E-state index contributed by atoms with van der Waals surface area (Å²) in [6.45, 7) is -0.471. The van der Waals surface area contributed by atoms with Crippen molar-refractivity contribution in [3.8, 4) is 11.5 Å². The monoisotopic (exact) mass is 712 g/mol. The number of amides is 1. The molecule has 4 heterocycles. The molecule has 0 atom stereocenters. The van der Waals surface area contributed by atoms with E-state index in [4.69, 9.17) is 17.8 Å². The predicted molar refractivity (Wildman–Crippen MR) is 153 cm³/mol. The van der Waals surface area contributed by atoms with Gasteiger partial charge in [-0.05, 0) is 31.0 Å². The first-order valence-corrected chi connectivity index (χ1v) is 18.1. The zero-order valence-corrected chi connectivity index (χ0v) is 26.7. The fraction of sp³-hybridized carbons (Fsp3) is 0.500. The van der Waals surface area contributed by atoms with Crippen LogP contribution in [0.2, 0.25) is 0 Å². The van der Waals surface area contributed by atoms with Crippen molar-refractivity contribution in [3.63, 3.8) is 0 Å². The van der Waals surface area contributed by atoms with Crippen LogP contribution in [0.3, 0.4) is 0 Å². The Bertz CT molecular complexity index is 1740. The highest BCUT2D eigenvalue weighted by molar-refractivity contribution is 7.86. The molecule has 1 saturated heterocycles. The fourth-order valence-electron chi connectivity index (χ4n) is 5.05. The predicted octanol–water partition coefficient (Wildman–Crippen LogP) is 4.04. The number of carbonyl (C=O) groups excluding carboxylic acids is 1. The molecule has 5 rings (SSSR count). The summed E-state index contributed by atoms with van der Waals surface area (Å²) in [5, 5.41) is 5.93. The summed E-state index contributed by atoms with van der Waals surface area (Å²) >= 11 is 1.33. The molecule has 20 heteroatoms. The largest absolute Gasteiger partial charge is 0.382 e. The van der Waals surface area contributed by atoms with Gasteiger partial charge in [0, 0.05) is 35.5 Å². The van der Waals surface area contributed by atoms with Crippen molar-refractivity contribution in [2.24, 2.45) is 0 Å². The number of carbonyl (C=O) groups is 1. The standard InChI is InChI=1S/C26H28F4N4O9S3/c1-45(36,37)42-20-3-4-21(43-46(2,38)39)16-12-41-26(40-11-15(16)20)18-13-44-25(31-18)14-5-7-33(8-6-14)22(35)10-34-19(24(29)30)9-17(32-34)23(27)28/h3-4,9,13-14,23-24,26H,5-8,10-12H2,1-2H3. The van der Waals surface area contributed by atoms with E-state index < -0.39 is 63.2 Å². The Hall–Kier alpha value is -3.33. The van der Waals surface area contributed by atoms with Gasteiger partial charge in [-0.3, -0.25) is 9.48 Å². The zero-order valence-electron chi connectivity index (χ0n) is 24.3. The molecule has 3 aromatic rings.